The average Bonchev–Trinajstić information content (AvgIpc) is 3.22. The fourth-order valence-corrected chi connectivity index (χ4v) is 4.66. The standard InChI is InChI=1S/C18H32N4O2/c1-12(2)17(19)18(24)20-11-16(23)22-7-5-21(6-8-22)15-10-13-3-4-14(15)9-13/h12-15,17H,3-11,19H2,1-2H3,(H,20,24)/t13?,14?,15?,17-/m0/s1. The minimum Gasteiger partial charge on any atom is -0.346 e. The molecule has 3 N–H and O–H groups in total. The van der Waals surface area contributed by atoms with Crippen LogP contribution in [-0.4, -0.2) is 66.4 Å². The molecule has 1 aliphatic heterocycles. The number of hydrogen-bond acceptors (Lipinski definition) is 4. The van der Waals surface area contributed by atoms with E-state index < -0.39 is 6.04 Å². The molecule has 6 nitrogen and oxygen atoms in total. The van der Waals surface area contributed by atoms with Crippen molar-refractivity contribution in [3.8, 4) is 0 Å². The first-order valence-electron chi connectivity index (χ1n) is 9.50. The summed E-state index contributed by atoms with van der Waals surface area (Å²) in [4.78, 5) is 28.6. The number of rotatable bonds is 5. The maximum atomic E-state index is 12.3. The number of nitrogens with two attached hydrogens (primary N) is 1. The largest absolute Gasteiger partial charge is 0.346 e. The molecule has 0 aromatic heterocycles. The summed E-state index contributed by atoms with van der Waals surface area (Å²) in [5.74, 6) is 1.70. The second-order valence-electron chi connectivity index (χ2n) is 8.15. The Balaban J connectivity index is 1.40. The second-order valence-corrected chi connectivity index (χ2v) is 8.15. The third-order valence-electron chi connectivity index (χ3n) is 6.27. The molecule has 4 atom stereocenters. The van der Waals surface area contributed by atoms with Crippen LogP contribution in [0.1, 0.15) is 39.5 Å². The van der Waals surface area contributed by atoms with Crippen molar-refractivity contribution in [1.82, 2.24) is 15.1 Å². The first-order chi connectivity index (χ1) is 11.5. The van der Waals surface area contributed by atoms with Crippen LogP contribution in [0, 0.1) is 17.8 Å². The van der Waals surface area contributed by atoms with Gasteiger partial charge in [-0.1, -0.05) is 20.3 Å². The predicted octanol–water partition coefficient (Wildman–Crippen LogP) is 0.419. The zero-order chi connectivity index (χ0) is 17.3. The van der Waals surface area contributed by atoms with Gasteiger partial charge in [0.2, 0.25) is 11.8 Å². The highest BCUT2D eigenvalue weighted by Crippen LogP contribution is 2.46. The van der Waals surface area contributed by atoms with Gasteiger partial charge in [-0.25, -0.2) is 0 Å². The summed E-state index contributed by atoms with van der Waals surface area (Å²) < 4.78 is 0. The lowest BCUT2D eigenvalue weighted by atomic mass is 9.93. The van der Waals surface area contributed by atoms with Crippen LogP contribution in [0.4, 0.5) is 0 Å². The average molecular weight is 336 g/mol. The van der Waals surface area contributed by atoms with Crippen LogP contribution in [0.15, 0.2) is 0 Å². The fourth-order valence-electron chi connectivity index (χ4n) is 4.66. The van der Waals surface area contributed by atoms with Crippen molar-refractivity contribution >= 4 is 11.8 Å². The molecule has 24 heavy (non-hydrogen) atoms. The number of carbonyl (C=O) groups is 2. The van der Waals surface area contributed by atoms with Gasteiger partial charge in [-0.3, -0.25) is 14.5 Å². The summed E-state index contributed by atoms with van der Waals surface area (Å²) in [6.07, 6.45) is 5.61. The third kappa shape index (κ3) is 3.75. The van der Waals surface area contributed by atoms with E-state index in [1.807, 2.05) is 18.7 Å². The molecule has 6 heteroatoms. The maximum Gasteiger partial charge on any atom is 0.242 e. The SMILES string of the molecule is CC(C)[C@H](N)C(=O)NCC(=O)N1CCN(C2CC3CCC2C3)CC1. The summed E-state index contributed by atoms with van der Waals surface area (Å²) in [7, 11) is 0. The molecule has 2 amide bonds. The molecule has 2 bridgehead atoms. The maximum absolute atomic E-state index is 12.3. The van der Waals surface area contributed by atoms with Crippen LogP contribution in [-0.2, 0) is 9.59 Å². The van der Waals surface area contributed by atoms with Gasteiger partial charge in [0, 0.05) is 32.2 Å². The molecule has 2 aliphatic carbocycles. The smallest absolute Gasteiger partial charge is 0.242 e. The summed E-state index contributed by atoms with van der Waals surface area (Å²) in [5, 5.41) is 2.68. The van der Waals surface area contributed by atoms with E-state index in [0.29, 0.717) is 0 Å². The molecule has 0 spiro atoms. The molecule has 1 saturated heterocycles. The second kappa shape index (κ2) is 7.40. The summed E-state index contributed by atoms with van der Waals surface area (Å²) in [6, 6.07) is 0.206. The zero-order valence-electron chi connectivity index (χ0n) is 15.0. The molecule has 0 radical (unpaired) electrons. The van der Waals surface area contributed by atoms with Crippen molar-refractivity contribution in [3.05, 3.63) is 0 Å². The Morgan fingerprint density at radius 2 is 1.83 bits per heavy atom. The van der Waals surface area contributed by atoms with Crippen molar-refractivity contribution in [2.24, 2.45) is 23.5 Å². The number of nitrogens with zero attached hydrogens (tertiary/aromatic N) is 2. The van der Waals surface area contributed by atoms with E-state index in [-0.39, 0.29) is 24.3 Å². The van der Waals surface area contributed by atoms with Crippen LogP contribution in [0.2, 0.25) is 0 Å². The monoisotopic (exact) mass is 336 g/mol. The van der Waals surface area contributed by atoms with Crippen LogP contribution in [0.3, 0.4) is 0 Å². The van der Waals surface area contributed by atoms with Crippen LogP contribution < -0.4 is 11.1 Å². The van der Waals surface area contributed by atoms with E-state index in [9.17, 15) is 9.59 Å². The molecule has 3 rings (SSSR count). The van der Waals surface area contributed by atoms with E-state index in [2.05, 4.69) is 10.2 Å². The Morgan fingerprint density at radius 1 is 1.12 bits per heavy atom. The molecule has 2 saturated carbocycles. The zero-order valence-corrected chi connectivity index (χ0v) is 15.0. The van der Waals surface area contributed by atoms with Crippen LogP contribution >= 0.6 is 0 Å². The first-order valence-corrected chi connectivity index (χ1v) is 9.50. The van der Waals surface area contributed by atoms with Crippen molar-refractivity contribution in [3.63, 3.8) is 0 Å². The lowest BCUT2D eigenvalue weighted by Crippen LogP contribution is -2.55. The number of nitrogens with one attached hydrogen (secondary N) is 1. The van der Waals surface area contributed by atoms with E-state index in [1.54, 1.807) is 0 Å². The lowest BCUT2D eigenvalue weighted by Gasteiger charge is -2.41. The Labute approximate surface area is 145 Å². The Bertz CT molecular complexity index is 474. The highest BCUT2D eigenvalue weighted by Gasteiger charge is 2.42. The minimum atomic E-state index is -0.549. The summed E-state index contributed by atoms with van der Waals surface area (Å²) >= 11 is 0. The number of hydrogen-bond donors (Lipinski definition) is 2. The van der Waals surface area contributed by atoms with Gasteiger partial charge < -0.3 is 16.0 Å². The van der Waals surface area contributed by atoms with Crippen molar-refractivity contribution in [1.29, 1.82) is 0 Å². The van der Waals surface area contributed by atoms with E-state index in [4.69, 9.17) is 5.73 Å². The van der Waals surface area contributed by atoms with Crippen molar-refractivity contribution in [2.75, 3.05) is 32.7 Å². The van der Waals surface area contributed by atoms with E-state index in [1.165, 1.54) is 25.7 Å². The molecule has 1 heterocycles. The number of amides is 2. The number of fused-ring (bicyclic) bond motifs is 2. The van der Waals surface area contributed by atoms with Gasteiger partial charge in [-0.15, -0.1) is 0 Å². The van der Waals surface area contributed by atoms with E-state index >= 15 is 0 Å². The quantitative estimate of drug-likeness (QED) is 0.763. The molecule has 3 unspecified atom stereocenters. The molecule has 136 valence electrons. The van der Waals surface area contributed by atoms with Crippen LogP contribution in [0.25, 0.3) is 0 Å². The van der Waals surface area contributed by atoms with Crippen molar-refractivity contribution < 1.29 is 9.59 Å². The van der Waals surface area contributed by atoms with Crippen molar-refractivity contribution in [2.45, 2.75) is 51.6 Å². The number of carbonyl (C=O) groups excluding carboxylic acids is 2. The lowest BCUT2D eigenvalue weighted by molar-refractivity contribution is -0.135. The molecule has 3 aliphatic rings. The van der Waals surface area contributed by atoms with Gasteiger partial charge in [0.25, 0.3) is 0 Å². The molecule has 0 aromatic carbocycles. The topological polar surface area (TPSA) is 78.7 Å². The summed E-state index contributed by atoms with van der Waals surface area (Å²) in [5.41, 5.74) is 5.80. The highest BCUT2D eigenvalue weighted by molar-refractivity contribution is 5.87. The van der Waals surface area contributed by atoms with Gasteiger partial charge in [-0.2, -0.15) is 0 Å². The fraction of sp³-hybridized carbons (Fsp3) is 0.889. The van der Waals surface area contributed by atoms with Gasteiger partial charge in [-0.05, 0) is 37.0 Å². The summed E-state index contributed by atoms with van der Waals surface area (Å²) in [6.45, 7) is 7.37. The van der Waals surface area contributed by atoms with Crippen LogP contribution in [0.5, 0.6) is 0 Å². The Morgan fingerprint density at radius 3 is 2.38 bits per heavy atom. The molecular formula is C18H32N4O2. The third-order valence-corrected chi connectivity index (χ3v) is 6.27. The van der Waals surface area contributed by atoms with Gasteiger partial charge >= 0.3 is 0 Å². The first kappa shape index (κ1) is 17.7. The molecule has 0 aromatic rings. The van der Waals surface area contributed by atoms with Gasteiger partial charge in [0.05, 0.1) is 12.6 Å². The predicted molar refractivity (Wildman–Crippen MR) is 93.2 cm³/mol. The number of piperazine rings is 1. The Hall–Kier alpha value is -1.14. The highest BCUT2D eigenvalue weighted by atomic mass is 16.2. The van der Waals surface area contributed by atoms with Gasteiger partial charge in [0.15, 0.2) is 0 Å². The normalized spacial score (nSPS) is 31.5. The molecule has 3 fully saturated rings. The van der Waals surface area contributed by atoms with E-state index in [0.717, 1.165) is 44.1 Å². The minimum absolute atomic E-state index is 0.00639. The van der Waals surface area contributed by atoms with Gasteiger partial charge in [0.1, 0.15) is 0 Å². The molecular weight excluding hydrogens is 304 g/mol. The Kier molecular flexibility index (Phi) is 5.45.